The fraction of sp³-hybridized carbons (Fsp3) is 0.385. The van der Waals surface area contributed by atoms with Gasteiger partial charge in [-0.05, 0) is 18.4 Å². The van der Waals surface area contributed by atoms with Gasteiger partial charge in [0.25, 0.3) is 0 Å². The van der Waals surface area contributed by atoms with Gasteiger partial charge in [0.05, 0.1) is 0 Å². The summed E-state index contributed by atoms with van der Waals surface area (Å²) in [5, 5.41) is 0. The number of allylic oxidation sites excluding steroid dienone is 1. The lowest BCUT2D eigenvalue weighted by atomic mass is 9.86. The van der Waals surface area contributed by atoms with Crippen molar-refractivity contribution in [2.24, 2.45) is 11.8 Å². The van der Waals surface area contributed by atoms with E-state index in [4.69, 9.17) is 4.74 Å². The van der Waals surface area contributed by atoms with Crippen molar-refractivity contribution in [1.82, 2.24) is 0 Å². The van der Waals surface area contributed by atoms with Crippen molar-refractivity contribution >= 4 is 0 Å². The van der Waals surface area contributed by atoms with E-state index < -0.39 is 0 Å². The van der Waals surface area contributed by atoms with Gasteiger partial charge in [-0.15, -0.1) is 0 Å². The number of hydrogen-bond acceptors (Lipinski definition) is 1. The molecule has 0 radical (unpaired) electrons. The molecule has 0 amide bonds. The second-order valence-electron chi connectivity index (χ2n) is 4.59. The highest BCUT2D eigenvalue weighted by Crippen LogP contribution is 2.56. The zero-order valence-electron chi connectivity index (χ0n) is 7.89. The first-order valence-electron chi connectivity index (χ1n) is 5.37. The Bertz CT molecular complexity index is 421. The Morgan fingerprint density at radius 1 is 1.07 bits per heavy atom. The Balaban J connectivity index is 1.89. The average Bonchev–Trinajstić information content (AvgIpc) is 2.88. The molecule has 1 aliphatic heterocycles. The number of rotatable bonds is 0. The van der Waals surface area contributed by atoms with Crippen LogP contribution in [0.1, 0.15) is 17.9 Å². The summed E-state index contributed by atoms with van der Waals surface area (Å²) in [5.41, 5.74) is 1.44. The second-order valence-corrected chi connectivity index (χ2v) is 4.59. The molecule has 1 aromatic carbocycles. The lowest BCUT2D eigenvalue weighted by Gasteiger charge is -2.19. The van der Waals surface area contributed by atoms with Gasteiger partial charge in [0, 0.05) is 17.4 Å². The Morgan fingerprint density at radius 3 is 2.93 bits per heavy atom. The molecule has 4 atom stereocenters. The van der Waals surface area contributed by atoms with Crippen LogP contribution in [0.25, 0.3) is 0 Å². The molecule has 0 N–H and O–H groups in total. The van der Waals surface area contributed by atoms with Crippen molar-refractivity contribution in [3.63, 3.8) is 0 Å². The van der Waals surface area contributed by atoms with Crippen molar-refractivity contribution in [3.8, 4) is 5.75 Å². The van der Waals surface area contributed by atoms with Crippen molar-refractivity contribution in [3.05, 3.63) is 42.0 Å². The van der Waals surface area contributed by atoms with E-state index in [0.717, 1.165) is 11.7 Å². The summed E-state index contributed by atoms with van der Waals surface area (Å²) in [7, 11) is 0. The van der Waals surface area contributed by atoms with Crippen LogP contribution in [0, 0.1) is 11.8 Å². The van der Waals surface area contributed by atoms with Gasteiger partial charge >= 0.3 is 0 Å². The maximum atomic E-state index is 6.01. The first-order valence-corrected chi connectivity index (χ1v) is 5.37. The first-order chi connectivity index (χ1) is 6.93. The van der Waals surface area contributed by atoms with Crippen molar-refractivity contribution in [2.45, 2.75) is 18.4 Å². The van der Waals surface area contributed by atoms with Crippen LogP contribution in [0.5, 0.6) is 5.75 Å². The summed E-state index contributed by atoms with van der Waals surface area (Å²) in [6, 6.07) is 8.52. The molecule has 1 fully saturated rings. The Morgan fingerprint density at radius 2 is 1.93 bits per heavy atom. The van der Waals surface area contributed by atoms with Crippen molar-refractivity contribution in [1.29, 1.82) is 0 Å². The van der Waals surface area contributed by atoms with E-state index in [0.29, 0.717) is 17.9 Å². The van der Waals surface area contributed by atoms with Crippen LogP contribution < -0.4 is 4.74 Å². The summed E-state index contributed by atoms with van der Waals surface area (Å²) < 4.78 is 6.01. The number of benzene rings is 1. The van der Waals surface area contributed by atoms with Gasteiger partial charge in [0.1, 0.15) is 11.9 Å². The maximum absolute atomic E-state index is 6.01. The number of fused-ring (bicyclic) bond motifs is 7. The fourth-order valence-electron chi connectivity index (χ4n) is 3.35. The largest absolute Gasteiger partial charge is 0.489 e. The second kappa shape index (κ2) is 2.22. The number of ether oxygens (including phenoxy) is 1. The van der Waals surface area contributed by atoms with Crippen LogP contribution in [0.15, 0.2) is 36.4 Å². The molecule has 1 aromatic rings. The van der Waals surface area contributed by atoms with E-state index >= 15 is 0 Å². The minimum Gasteiger partial charge on any atom is -0.489 e. The monoisotopic (exact) mass is 184 g/mol. The topological polar surface area (TPSA) is 9.23 Å². The maximum Gasteiger partial charge on any atom is 0.123 e. The molecule has 2 aliphatic carbocycles. The minimum absolute atomic E-state index is 0.447. The third kappa shape index (κ3) is 0.682. The van der Waals surface area contributed by atoms with Gasteiger partial charge < -0.3 is 4.74 Å². The van der Waals surface area contributed by atoms with Gasteiger partial charge in [-0.3, -0.25) is 0 Å². The van der Waals surface area contributed by atoms with E-state index in [2.05, 4.69) is 36.4 Å². The third-order valence-corrected chi connectivity index (χ3v) is 3.93. The van der Waals surface area contributed by atoms with Crippen molar-refractivity contribution in [2.75, 3.05) is 0 Å². The van der Waals surface area contributed by atoms with Crippen LogP contribution in [0.2, 0.25) is 0 Å². The lowest BCUT2D eigenvalue weighted by molar-refractivity contribution is 0.188. The van der Waals surface area contributed by atoms with Crippen LogP contribution in [-0.2, 0) is 0 Å². The summed E-state index contributed by atoms with van der Waals surface area (Å²) in [5.74, 6) is 3.20. The van der Waals surface area contributed by atoms with Crippen LogP contribution in [-0.4, -0.2) is 6.10 Å². The molecule has 1 heterocycles. The molecule has 0 aromatic heterocycles. The predicted molar refractivity (Wildman–Crippen MR) is 54.3 cm³/mol. The van der Waals surface area contributed by atoms with E-state index in [9.17, 15) is 0 Å². The Labute approximate surface area is 83.4 Å². The molecule has 1 saturated carbocycles. The van der Waals surface area contributed by atoms with Crippen molar-refractivity contribution < 1.29 is 4.74 Å². The van der Waals surface area contributed by atoms with Gasteiger partial charge in [0.2, 0.25) is 0 Å². The summed E-state index contributed by atoms with van der Waals surface area (Å²) in [4.78, 5) is 0. The first kappa shape index (κ1) is 7.10. The molecular weight excluding hydrogens is 172 g/mol. The highest BCUT2D eigenvalue weighted by Gasteiger charge is 2.50. The molecule has 1 heteroatoms. The van der Waals surface area contributed by atoms with Crippen LogP contribution in [0.3, 0.4) is 0 Å². The third-order valence-electron chi connectivity index (χ3n) is 3.93. The predicted octanol–water partition coefficient (Wildman–Crippen LogP) is 2.74. The number of para-hydroxylation sites is 1. The van der Waals surface area contributed by atoms with Gasteiger partial charge in [-0.2, -0.15) is 0 Å². The summed E-state index contributed by atoms with van der Waals surface area (Å²) in [6.07, 6.45) is 6.49. The molecule has 2 bridgehead atoms. The SMILES string of the molecule is C1=CC2CC1C1Oc3ccccc3C21. The Kier molecular flexibility index (Phi) is 1.13. The normalized spacial score (nSPS) is 40.9. The van der Waals surface area contributed by atoms with E-state index in [1.807, 2.05) is 0 Å². The van der Waals surface area contributed by atoms with E-state index in [1.54, 1.807) is 0 Å². The van der Waals surface area contributed by atoms with Crippen LogP contribution >= 0.6 is 0 Å². The smallest absolute Gasteiger partial charge is 0.123 e. The zero-order chi connectivity index (χ0) is 9.12. The van der Waals surface area contributed by atoms with E-state index in [-0.39, 0.29) is 0 Å². The zero-order valence-corrected chi connectivity index (χ0v) is 7.89. The molecule has 1 nitrogen and oxygen atoms in total. The molecule has 0 spiro atoms. The minimum atomic E-state index is 0.447. The van der Waals surface area contributed by atoms with Gasteiger partial charge in [-0.1, -0.05) is 30.4 Å². The fourth-order valence-corrected chi connectivity index (χ4v) is 3.35. The van der Waals surface area contributed by atoms with E-state index in [1.165, 1.54) is 12.0 Å². The summed E-state index contributed by atoms with van der Waals surface area (Å²) in [6.45, 7) is 0. The number of hydrogen-bond donors (Lipinski definition) is 0. The van der Waals surface area contributed by atoms with Crippen LogP contribution in [0.4, 0.5) is 0 Å². The highest BCUT2D eigenvalue weighted by molar-refractivity contribution is 5.45. The molecule has 0 saturated heterocycles. The molecule has 14 heavy (non-hydrogen) atoms. The molecule has 70 valence electrons. The molecule has 4 unspecified atom stereocenters. The highest BCUT2D eigenvalue weighted by atomic mass is 16.5. The molecular formula is C13H12O. The standard InChI is InChI=1S/C13H12O/c1-2-4-11-10(3-1)12-8-5-6-9(7-8)13(12)14-11/h1-6,8-9,12-13H,7H2. The molecule has 4 rings (SSSR count). The summed E-state index contributed by atoms with van der Waals surface area (Å²) >= 11 is 0. The lowest BCUT2D eigenvalue weighted by Crippen LogP contribution is -2.22. The molecule has 3 aliphatic rings. The quantitative estimate of drug-likeness (QED) is 0.563. The average molecular weight is 184 g/mol. The van der Waals surface area contributed by atoms with Gasteiger partial charge in [0.15, 0.2) is 0 Å². The Hall–Kier alpha value is -1.24. The van der Waals surface area contributed by atoms with Gasteiger partial charge in [-0.25, -0.2) is 0 Å².